The van der Waals surface area contributed by atoms with E-state index < -0.39 is 19.6 Å². The molecule has 0 spiro atoms. The van der Waals surface area contributed by atoms with Crippen LogP contribution in [0.3, 0.4) is 0 Å². The lowest BCUT2D eigenvalue weighted by molar-refractivity contribution is -0.144. The Bertz CT molecular complexity index is 754. The van der Waals surface area contributed by atoms with Gasteiger partial charge in [-0.05, 0) is 42.7 Å². The summed E-state index contributed by atoms with van der Waals surface area (Å²) in [6, 6.07) is 19.6. The number of rotatable bonds is 12. The molecular formula is C24H34NO4P. The molecule has 0 saturated heterocycles. The van der Waals surface area contributed by atoms with Gasteiger partial charge < -0.3 is 9.63 Å². The van der Waals surface area contributed by atoms with E-state index in [0.29, 0.717) is 31.6 Å². The first kappa shape index (κ1) is 24.3. The summed E-state index contributed by atoms with van der Waals surface area (Å²) in [6.45, 7) is 4.14. The van der Waals surface area contributed by atoms with Gasteiger partial charge in [0.15, 0.2) is 8.03 Å². The van der Waals surface area contributed by atoms with Crippen molar-refractivity contribution in [3.05, 3.63) is 71.8 Å². The van der Waals surface area contributed by atoms with Crippen LogP contribution < -0.4 is 5.32 Å². The molecule has 1 unspecified atom stereocenters. The lowest BCUT2D eigenvalue weighted by Crippen LogP contribution is -2.56. The van der Waals surface area contributed by atoms with E-state index in [2.05, 4.69) is 43.4 Å². The molecule has 6 heteroatoms. The van der Waals surface area contributed by atoms with E-state index in [1.807, 2.05) is 36.4 Å². The molecule has 2 aromatic carbocycles. The molecule has 0 heterocycles. The molecule has 2 rings (SSSR count). The molecule has 0 aliphatic heterocycles. The number of hydrogen-bond acceptors (Lipinski definition) is 4. The van der Waals surface area contributed by atoms with Crippen LogP contribution in [0.15, 0.2) is 60.7 Å². The van der Waals surface area contributed by atoms with Gasteiger partial charge in [-0.1, -0.05) is 74.5 Å². The minimum atomic E-state index is -2.64. The minimum absolute atomic E-state index is 0.201. The fourth-order valence-electron chi connectivity index (χ4n) is 3.93. The Morgan fingerprint density at radius 2 is 1.53 bits per heavy atom. The Labute approximate surface area is 180 Å². The van der Waals surface area contributed by atoms with Gasteiger partial charge in [-0.15, -0.1) is 0 Å². The van der Waals surface area contributed by atoms with Crippen molar-refractivity contribution in [3.63, 3.8) is 0 Å². The zero-order valence-electron chi connectivity index (χ0n) is 18.1. The van der Waals surface area contributed by atoms with Crippen LogP contribution in [0.2, 0.25) is 0 Å². The van der Waals surface area contributed by atoms with E-state index in [4.69, 9.17) is 4.74 Å². The number of benzene rings is 2. The van der Waals surface area contributed by atoms with Gasteiger partial charge in [0, 0.05) is 11.7 Å². The Morgan fingerprint density at radius 3 is 1.93 bits per heavy atom. The van der Waals surface area contributed by atoms with Gasteiger partial charge in [-0.25, -0.2) is 0 Å². The van der Waals surface area contributed by atoms with E-state index in [0.717, 1.165) is 11.1 Å². The number of methoxy groups -OCH3 is 1. The summed E-state index contributed by atoms with van der Waals surface area (Å²) in [6.07, 6.45) is 2.60. The predicted octanol–water partition coefficient (Wildman–Crippen LogP) is 4.25. The highest BCUT2D eigenvalue weighted by atomic mass is 31.1. The van der Waals surface area contributed by atoms with Crippen LogP contribution in [0.25, 0.3) is 0 Å². The largest absolute Gasteiger partial charge is 0.468 e. The summed E-state index contributed by atoms with van der Waals surface area (Å²) < 4.78 is 16.7. The van der Waals surface area contributed by atoms with Crippen molar-refractivity contribution in [3.8, 4) is 0 Å². The zero-order chi connectivity index (χ0) is 22.0. The smallest absolute Gasteiger partial charge is 0.322 e. The average Bonchev–Trinajstić information content (AvgIpc) is 2.72. The van der Waals surface area contributed by atoms with E-state index >= 15 is 0 Å². The summed E-state index contributed by atoms with van der Waals surface area (Å²) in [7, 11) is -1.24. The van der Waals surface area contributed by atoms with E-state index in [-0.39, 0.29) is 12.1 Å². The lowest BCUT2D eigenvalue weighted by atomic mass is 9.81. The number of carbonyl (C=O) groups is 1. The van der Waals surface area contributed by atoms with Crippen molar-refractivity contribution < 1.29 is 19.0 Å². The molecule has 5 nitrogen and oxygen atoms in total. The summed E-state index contributed by atoms with van der Waals surface area (Å²) in [5.41, 5.74) is 1.68. The van der Waals surface area contributed by atoms with Crippen LogP contribution >= 0.6 is 8.03 Å². The van der Waals surface area contributed by atoms with Crippen LogP contribution in [-0.4, -0.2) is 35.7 Å². The Morgan fingerprint density at radius 1 is 1.03 bits per heavy atom. The van der Waals surface area contributed by atoms with Crippen LogP contribution in [0.5, 0.6) is 0 Å². The Balaban J connectivity index is 2.45. The molecule has 0 saturated carbocycles. The van der Waals surface area contributed by atoms with Crippen LogP contribution in [-0.2, 0) is 26.9 Å². The highest BCUT2D eigenvalue weighted by Gasteiger charge is 2.36. The molecule has 0 aliphatic rings. The van der Waals surface area contributed by atoms with Gasteiger partial charge in [-0.3, -0.25) is 14.7 Å². The normalized spacial score (nSPS) is 13.8. The summed E-state index contributed by atoms with van der Waals surface area (Å²) in [5.74, 6) is -0.00410. The predicted molar refractivity (Wildman–Crippen MR) is 122 cm³/mol. The van der Waals surface area contributed by atoms with Gasteiger partial charge in [0.05, 0.1) is 7.11 Å². The Hall–Kier alpha value is -1.94. The molecular weight excluding hydrogens is 397 g/mol. The maximum absolute atomic E-state index is 12.6. The topological polar surface area (TPSA) is 75.6 Å². The van der Waals surface area contributed by atoms with Crippen LogP contribution in [0.4, 0.5) is 0 Å². The minimum Gasteiger partial charge on any atom is -0.468 e. The fourth-order valence-corrected chi connectivity index (χ4v) is 4.62. The molecule has 0 radical (unpaired) electrons. The molecule has 2 aromatic rings. The summed E-state index contributed by atoms with van der Waals surface area (Å²) >= 11 is 0. The van der Waals surface area contributed by atoms with Crippen molar-refractivity contribution in [2.75, 3.05) is 13.3 Å². The summed E-state index contributed by atoms with van der Waals surface area (Å²) in [4.78, 5) is 22.2. The maximum atomic E-state index is 12.6. The van der Waals surface area contributed by atoms with E-state index in [9.17, 15) is 14.3 Å². The third-order valence-electron chi connectivity index (χ3n) is 5.26. The van der Waals surface area contributed by atoms with Crippen molar-refractivity contribution in [2.24, 2.45) is 5.92 Å². The first-order valence-corrected chi connectivity index (χ1v) is 12.0. The van der Waals surface area contributed by atoms with Crippen molar-refractivity contribution in [1.82, 2.24) is 5.32 Å². The highest BCUT2D eigenvalue weighted by molar-refractivity contribution is 7.37. The molecule has 0 amide bonds. The highest BCUT2D eigenvalue weighted by Crippen LogP contribution is 2.29. The van der Waals surface area contributed by atoms with Gasteiger partial charge >= 0.3 is 5.97 Å². The quantitative estimate of drug-likeness (QED) is 0.388. The summed E-state index contributed by atoms with van der Waals surface area (Å²) in [5, 5.41) is 3.59. The van der Waals surface area contributed by atoms with Crippen LogP contribution in [0.1, 0.15) is 37.8 Å². The van der Waals surface area contributed by atoms with Crippen molar-refractivity contribution >= 4 is 14.0 Å². The molecule has 0 bridgehead atoms. The zero-order valence-corrected chi connectivity index (χ0v) is 19.1. The second-order valence-corrected chi connectivity index (χ2v) is 9.64. The molecule has 30 heavy (non-hydrogen) atoms. The van der Waals surface area contributed by atoms with E-state index in [1.165, 1.54) is 7.11 Å². The first-order valence-electron chi connectivity index (χ1n) is 10.5. The molecule has 0 aromatic heterocycles. The van der Waals surface area contributed by atoms with Crippen LogP contribution in [0, 0.1) is 5.92 Å². The fraction of sp³-hybridized carbons (Fsp3) is 0.458. The second kappa shape index (κ2) is 12.0. The third-order valence-corrected chi connectivity index (χ3v) is 5.94. The standard InChI is InChI=1S/C24H34NO4P/c1-19(2)16-22(23(26)29-3)25-24(14-15-30(27)28,17-20-10-6-4-7-11-20)18-21-12-8-5-9-13-21/h4-13,19,22,25,30H,14-18H2,1-3H3,(H,27,28)/t22-/m0/s1. The van der Waals surface area contributed by atoms with Crippen molar-refractivity contribution in [2.45, 2.75) is 51.1 Å². The molecule has 0 aliphatic carbocycles. The number of ether oxygens (including phenoxy) is 1. The molecule has 2 N–H and O–H groups in total. The monoisotopic (exact) mass is 431 g/mol. The SMILES string of the molecule is COC(=O)[C@H](CC(C)C)NC(CC[PH](=O)O)(Cc1ccccc1)Cc1ccccc1. The lowest BCUT2D eigenvalue weighted by Gasteiger charge is -2.39. The van der Waals surface area contributed by atoms with Crippen molar-refractivity contribution in [1.29, 1.82) is 0 Å². The van der Waals surface area contributed by atoms with Gasteiger partial charge in [0.25, 0.3) is 0 Å². The number of carbonyl (C=O) groups excluding carboxylic acids is 1. The second-order valence-electron chi connectivity index (χ2n) is 8.35. The number of hydrogen-bond donors (Lipinski definition) is 2. The molecule has 2 atom stereocenters. The Kier molecular flexibility index (Phi) is 9.77. The molecule has 164 valence electrons. The van der Waals surface area contributed by atoms with Gasteiger partial charge in [-0.2, -0.15) is 0 Å². The average molecular weight is 432 g/mol. The third kappa shape index (κ3) is 8.06. The number of esters is 1. The number of nitrogens with one attached hydrogen (secondary N) is 1. The molecule has 0 fully saturated rings. The van der Waals surface area contributed by atoms with E-state index in [1.54, 1.807) is 0 Å². The first-order chi connectivity index (χ1) is 14.3. The van der Waals surface area contributed by atoms with Gasteiger partial charge in [0.1, 0.15) is 6.04 Å². The maximum Gasteiger partial charge on any atom is 0.322 e. The van der Waals surface area contributed by atoms with Gasteiger partial charge in [0.2, 0.25) is 0 Å².